The average Bonchev–Trinajstić information content (AvgIpc) is 2.71. The molecule has 1 atom stereocenters. The monoisotopic (exact) mass is 361 g/mol. The summed E-state index contributed by atoms with van der Waals surface area (Å²) >= 11 is 0. The Hall–Kier alpha value is -2.81. The summed E-state index contributed by atoms with van der Waals surface area (Å²) in [6.07, 6.45) is 3.53. The van der Waals surface area contributed by atoms with Crippen LogP contribution in [0.2, 0.25) is 0 Å². The van der Waals surface area contributed by atoms with E-state index in [0.717, 1.165) is 22.9 Å². The summed E-state index contributed by atoms with van der Waals surface area (Å²) in [5, 5.41) is 5.23. The zero-order valence-electron chi connectivity index (χ0n) is 16.1. The second kappa shape index (κ2) is 9.22. The number of fused-ring (bicyclic) bond motifs is 1. The van der Waals surface area contributed by atoms with Gasteiger partial charge in [0.15, 0.2) is 6.10 Å². The molecule has 0 saturated carbocycles. The first kappa shape index (κ1) is 19.0. The summed E-state index contributed by atoms with van der Waals surface area (Å²) < 4.78 is 5.97. The first-order chi connectivity index (χ1) is 13.2. The van der Waals surface area contributed by atoms with Crippen molar-refractivity contribution >= 4 is 22.4 Å². The minimum absolute atomic E-state index is 0.119. The Morgan fingerprint density at radius 1 is 0.963 bits per heavy atom. The van der Waals surface area contributed by atoms with Crippen LogP contribution in [0.5, 0.6) is 5.75 Å². The van der Waals surface area contributed by atoms with Crippen LogP contribution in [0.3, 0.4) is 0 Å². The van der Waals surface area contributed by atoms with Crippen LogP contribution in [0, 0.1) is 0 Å². The molecule has 0 unspecified atom stereocenters. The Kier molecular flexibility index (Phi) is 6.48. The number of hydrogen-bond acceptors (Lipinski definition) is 2. The fourth-order valence-corrected chi connectivity index (χ4v) is 3.09. The number of carbonyl (C=O) groups is 1. The summed E-state index contributed by atoms with van der Waals surface area (Å²) in [5.41, 5.74) is 2.11. The highest BCUT2D eigenvalue weighted by molar-refractivity contribution is 5.94. The van der Waals surface area contributed by atoms with Crippen LogP contribution in [0.25, 0.3) is 10.8 Å². The zero-order valence-corrected chi connectivity index (χ0v) is 16.1. The van der Waals surface area contributed by atoms with Crippen molar-refractivity contribution in [1.82, 2.24) is 0 Å². The van der Waals surface area contributed by atoms with Crippen molar-refractivity contribution < 1.29 is 9.53 Å². The van der Waals surface area contributed by atoms with Crippen LogP contribution < -0.4 is 10.1 Å². The molecule has 0 aliphatic rings. The number of unbranched alkanes of at least 4 members (excludes halogenated alkanes) is 1. The molecule has 3 nitrogen and oxygen atoms in total. The molecule has 0 bridgehead atoms. The van der Waals surface area contributed by atoms with Crippen molar-refractivity contribution in [1.29, 1.82) is 0 Å². The van der Waals surface area contributed by atoms with Gasteiger partial charge >= 0.3 is 0 Å². The predicted molar refractivity (Wildman–Crippen MR) is 112 cm³/mol. The van der Waals surface area contributed by atoms with Crippen LogP contribution >= 0.6 is 0 Å². The van der Waals surface area contributed by atoms with Gasteiger partial charge in [0.1, 0.15) is 5.75 Å². The lowest BCUT2D eigenvalue weighted by Crippen LogP contribution is -2.32. The van der Waals surface area contributed by atoms with Crippen molar-refractivity contribution in [3.05, 3.63) is 72.3 Å². The normalized spacial score (nSPS) is 11.9. The Balaban J connectivity index is 1.64. The van der Waals surface area contributed by atoms with Crippen molar-refractivity contribution in [3.63, 3.8) is 0 Å². The largest absolute Gasteiger partial charge is 0.481 e. The molecule has 3 aromatic carbocycles. The third-order valence-electron chi connectivity index (χ3n) is 4.70. The molecular formula is C24H27NO2. The number of rotatable bonds is 8. The smallest absolute Gasteiger partial charge is 0.265 e. The van der Waals surface area contributed by atoms with E-state index in [9.17, 15) is 4.79 Å². The molecule has 3 aromatic rings. The minimum Gasteiger partial charge on any atom is -0.481 e. The Bertz CT molecular complexity index is 886. The summed E-state index contributed by atoms with van der Waals surface area (Å²) in [6, 6.07) is 22.1. The minimum atomic E-state index is -0.522. The number of amides is 1. The Labute approximate surface area is 161 Å². The first-order valence-corrected chi connectivity index (χ1v) is 9.75. The highest BCUT2D eigenvalue weighted by Gasteiger charge is 2.18. The summed E-state index contributed by atoms with van der Waals surface area (Å²) in [6.45, 7) is 4.15. The fraction of sp³-hybridized carbons (Fsp3) is 0.292. The maximum absolute atomic E-state index is 12.6. The quantitative estimate of drug-likeness (QED) is 0.536. The predicted octanol–water partition coefficient (Wildman–Crippen LogP) is 5.98. The molecule has 140 valence electrons. The van der Waals surface area contributed by atoms with Gasteiger partial charge in [0, 0.05) is 5.69 Å². The third kappa shape index (κ3) is 5.10. The number of ether oxygens (including phenoxy) is 1. The van der Waals surface area contributed by atoms with E-state index in [4.69, 9.17) is 4.74 Å². The van der Waals surface area contributed by atoms with Crippen LogP contribution in [0.4, 0.5) is 5.69 Å². The van der Waals surface area contributed by atoms with Gasteiger partial charge in [-0.05, 0) is 59.9 Å². The van der Waals surface area contributed by atoms with E-state index in [2.05, 4.69) is 30.4 Å². The van der Waals surface area contributed by atoms with Crippen molar-refractivity contribution in [3.8, 4) is 5.75 Å². The number of carbonyl (C=O) groups excluding carboxylic acids is 1. The summed E-state index contributed by atoms with van der Waals surface area (Å²) in [4.78, 5) is 12.6. The van der Waals surface area contributed by atoms with Gasteiger partial charge in [-0.15, -0.1) is 0 Å². The number of aryl methyl sites for hydroxylation is 1. The maximum atomic E-state index is 12.6. The van der Waals surface area contributed by atoms with E-state index in [-0.39, 0.29) is 5.91 Å². The number of benzene rings is 3. The topological polar surface area (TPSA) is 38.3 Å². The molecule has 1 amide bonds. The second-order valence-electron chi connectivity index (χ2n) is 6.81. The van der Waals surface area contributed by atoms with Gasteiger partial charge in [-0.3, -0.25) is 4.79 Å². The molecule has 27 heavy (non-hydrogen) atoms. The molecule has 0 fully saturated rings. The zero-order chi connectivity index (χ0) is 19.1. The number of hydrogen-bond donors (Lipinski definition) is 1. The van der Waals surface area contributed by atoms with Crippen LogP contribution in [-0.2, 0) is 11.2 Å². The van der Waals surface area contributed by atoms with Crippen molar-refractivity contribution in [2.75, 3.05) is 5.32 Å². The van der Waals surface area contributed by atoms with E-state index in [1.807, 2.05) is 55.5 Å². The Morgan fingerprint density at radius 3 is 2.41 bits per heavy atom. The van der Waals surface area contributed by atoms with Crippen molar-refractivity contribution in [2.24, 2.45) is 0 Å². The van der Waals surface area contributed by atoms with Crippen LogP contribution in [0.1, 0.15) is 38.7 Å². The summed E-state index contributed by atoms with van der Waals surface area (Å²) in [5.74, 6) is 0.595. The molecule has 0 saturated heterocycles. The second-order valence-corrected chi connectivity index (χ2v) is 6.81. The van der Waals surface area contributed by atoms with E-state index >= 15 is 0 Å². The maximum Gasteiger partial charge on any atom is 0.265 e. The molecule has 3 rings (SSSR count). The van der Waals surface area contributed by atoms with Gasteiger partial charge in [0.2, 0.25) is 0 Å². The van der Waals surface area contributed by atoms with Crippen molar-refractivity contribution in [2.45, 2.75) is 45.6 Å². The van der Waals surface area contributed by atoms with E-state index < -0.39 is 6.10 Å². The van der Waals surface area contributed by atoms with Gasteiger partial charge < -0.3 is 10.1 Å². The van der Waals surface area contributed by atoms with E-state index in [0.29, 0.717) is 12.2 Å². The summed E-state index contributed by atoms with van der Waals surface area (Å²) in [7, 11) is 0. The number of nitrogens with one attached hydrogen (secondary N) is 1. The van der Waals surface area contributed by atoms with Crippen LogP contribution in [-0.4, -0.2) is 12.0 Å². The van der Waals surface area contributed by atoms with Gasteiger partial charge in [0.05, 0.1) is 0 Å². The van der Waals surface area contributed by atoms with E-state index in [1.165, 1.54) is 18.4 Å². The fourth-order valence-electron chi connectivity index (χ4n) is 3.09. The lowest BCUT2D eigenvalue weighted by molar-refractivity contribution is -0.122. The standard InChI is InChI=1S/C24H27NO2/c1-3-5-8-18-11-14-21(15-12-18)25-24(26)23(4-2)27-22-16-13-19-9-6-7-10-20(19)17-22/h6-7,9-17,23H,3-5,8H2,1-2H3,(H,25,26)/t23-/m0/s1. The lowest BCUT2D eigenvalue weighted by atomic mass is 10.1. The molecule has 0 aliphatic carbocycles. The SMILES string of the molecule is CCCCc1ccc(NC(=O)[C@H](CC)Oc2ccc3ccccc3c2)cc1. The lowest BCUT2D eigenvalue weighted by Gasteiger charge is -2.18. The molecule has 0 aromatic heterocycles. The molecular weight excluding hydrogens is 334 g/mol. The van der Waals surface area contributed by atoms with Crippen LogP contribution in [0.15, 0.2) is 66.7 Å². The molecule has 0 aliphatic heterocycles. The van der Waals surface area contributed by atoms with E-state index in [1.54, 1.807) is 0 Å². The van der Waals surface area contributed by atoms with Gasteiger partial charge in [-0.1, -0.05) is 62.7 Å². The number of anilines is 1. The van der Waals surface area contributed by atoms with Gasteiger partial charge in [0.25, 0.3) is 5.91 Å². The molecule has 0 spiro atoms. The first-order valence-electron chi connectivity index (χ1n) is 9.75. The van der Waals surface area contributed by atoms with Gasteiger partial charge in [-0.25, -0.2) is 0 Å². The molecule has 0 radical (unpaired) electrons. The molecule has 1 N–H and O–H groups in total. The highest BCUT2D eigenvalue weighted by Crippen LogP contribution is 2.22. The highest BCUT2D eigenvalue weighted by atomic mass is 16.5. The average molecular weight is 361 g/mol. The third-order valence-corrected chi connectivity index (χ3v) is 4.70. The molecule has 3 heteroatoms. The molecule has 0 heterocycles. The van der Waals surface area contributed by atoms with Gasteiger partial charge in [-0.2, -0.15) is 0 Å². The Morgan fingerprint density at radius 2 is 1.70 bits per heavy atom.